The molecule has 0 spiro atoms. The van der Waals surface area contributed by atoms with Crippen molar-refractivity contribution in [1.29, 1.82) is 0 Å². The van der Waals surface area contributed by atoms with Gasteiger partial charge in [0, 0.05) is 25.4 Å². The van der Waals surface area contributed by atoms with Crippen LogP contribution in [0.15, 0.2) is 30.5 Å². The Morgan fingerprint density at radius 3 is 2.94 bits per heavy atom. The molecule has 4 nitrogen and oxygen atoms in total. The van der Waals surface area contributed by atoms with Crippen LogP contribution in [0, 0.1) is 0 Å². The van der Waals surface area contributed by atoms with E-state index in [0.29, 0.717) is 19.0 Å². The van der Waals surface area contributed by atoms with E-state index in [-0.39, 0.29) is 0 Å². The average Bonchev–Trinajstić information content (AvgIpc) is 2.24. The molecule has 1 heterocycles. The van der Waals surface area contributed by atoms with Crippen LogP contribution in [-0.2, 0) is 6.54 Å². The second-order valence-electron chi connectivity index (χ2n) is 3.76. The van der Waals surface area contributed by atoms with Gasteiger partial charge < -0.3 is 15.4 Å². The molecule has 0 fully saturated rings. The number of hydrogen-bond donors (Lipinski definition) is 1. The molecule has 16 heavy (non-hydrogen) atoms. The number of nitrogens with zero attached hydrogens (tertiary/aromatic N) is 2. The maximum Gasteiger partial charge on any atom is 0.213 e. The molecular weight excluding hydrogens is 202 g/mol. The largest absolute Gasteiger partial charge is 0.473 e. The maximum atomic E-state index is 5.46. The van der Waals surface area contributed by atoms with Crippen molar-refractivity contribution in [2.45, 2.75) is 6.54 Å². The minimum absolute atomic E-state index is 0.510. The topological polar surface area (TPSA) is 51.4 Å². The molecule has 0 aliphatic carbocycles. The van der Waals surface area contributed by atoms with Crippen molar-refractivity contribution in [2.24, 2.45) is 5.73 Å². The van der Waals surface area contributed by atoms with Gasteiger partial charge >= 0.3 is 0 Å². The third kappa shape index (κ3) is 4.91. The molecule has 0 bridgehead atoms. The van der Waals surface area contributed by atoms with Gasteiger partial charge in [0.1, 0.15) is 6.61 Å². The van der Waals surface area contributed by atoms with E-state index in [1.807, 2.05) is 38.4 Å². The molecular formula is C12H19N3O. The van der Waals surface area contributed by atoms with Gasteiger partial charge in [-0.1, -0.05) is 12.2 Å². The molecule has 88 valence electrons. The zero-order valence-corrected chi connectivity index (χ0v) is 9.89. The normalized spacial score (nSPS) is 11.2. The Morgan fingerprint density at radius 2 is 2.25 bits per heavy atom. The van der Waals surface area contributed by atoms with Crippen molar-refractivity contribution in [3.8, 4) is 5.88 Å². The average molecular weight is 221 g/mol. The first-order valence-electron chi connectivity index (χ1n) is 5.30. The van der Waals surface area contributed by atoms with Crippen LogP contribution in [0.25, 0.3) is 0 Å². The number of ether oxygens (including phenoxy) is 1. The molecule has 2 N–H and O–H groups in total. The summed E-state index contributed by atoms with van der Waals surface area (Å²) in [6.45, 7) is 1.94. The minimum Gasteiger partial charge on any atom is -0.473 e. The highest BCUT2D eigenvalue weighted by Gasteiger charge is 1.98. The quantitative estimate of drug-likeness (QED) is 0.729. The Labute approximate surface area is 96.7 Å². The zero-order valence-electron chi connectivity index (χ0n) is 9.89. The molecule has 0 aliphatic heterocycles. The summed E-state index contributed by atoms with van der Waals surface area (Å²) in [6.07, 6.45) is 5.52. The summed E-state index contributed by atoms with van der Waals surface area (Å²) in [5.74, 6) is 0.654. The second kappa shape index (κ2) is 6.98. The van der Waals surface area contributed by atoms with Gasteiger partial charge in [-0.05, 0) is 25.7 Å². The van der Waals surface area contributed by atoms with E-state index in [1.165, 1.54) is 5.56 Å². The Morgan fingerprint density at radius 1 is 1.44 bits per heavy atom. The van der Waals surface area contributed by atoms with Crippen LogP contribution in [0.5, 0.6) is 5.88 Å². The molecule has 1 aromatic rings. The van der Waals surface area contributed by atoms with Gasteiger partial charge in [0.05, 0.1) is 0 Å². The number of rotatable bonds is 6. The molecule has 0 aliphatic rings. The van der Waals surface area contributed by atoms with Crippen LogP contribution in [-0.4, -0.2) is 37.1 Å². The van der Waals surface area contributed by atoms with Crippen molar-refractivity contribution in [3.05, 3.63) is 36.0 Å². The fourth-order valence-electron chi connectivity index (χ4n) is 1.29. The Hall–Kier alpha value is -1.39. The summed E-state index contributed by atoms with van der Waals surface area (Å²) < 4.78 is 5.46. The molecule has 0 saturated heterocycles. The van der Waals surface area contributed by atoms with Gasteiger partial charge in [-0.3, -0.25) is 0 Å². The Balaban J connectivity index is 2.50. The predicted molar refractivity (Wildman–Crippen MR) is 65.3 cm³/mol. The summed E-state index contributed by atoms with van der Waals surface area (Å²) in [4.78, 5) is 6.24. The fourth-order valence-corrected chi connectivity index (χ4v) is 1.29. The van der Waals surface area contributed by atoms with E-state index in [1.54, 1.807) is 6.20 Å². The fraction of sp³-hybridized carbons (Fsp3) is 0.417. The van der Waals surface area contributed by atoms with Crippen molar-refractivity contribution >= 4 is 0 Å². The highest BCUT2D eigenvalue weighted by Crippen LogP contribution is 2.10. The van der Waals surface area contributed by atoms with Crippen molar-refractivity contribution < 1.29 is 4.74 Å². The first-order valence-corrected chi connectivity index (χ1v) is 5.30. The summed E-state index contributed by atoms with van der Waals surface area (Å²) >= 11 is 0. The third-order valence-electron chi connectivity index (χ3n) is 1.93. The first-order chi connectivity index (χ1) is 7.72. The van der Waals surface area contributed by atoms with Crippen LogP contribution >= 0.6 is 0 Å². The number of hydrogen-bond acceptors (Lipinski definition) is 4. The smallest absolute Gasteiger partial charge is 0.213 e. The molecule has 0 amide bonds. The molecule has 0 atom stereocenters. The Kier molecular flexibility index (Phi) is 5.53. The van der Waals surface area contributed by atoms with Gasteiger partial charge in [0.25, 0.3) is 0 Å². The lowest BCUT2D eigenvalue weighted by atomic mass is 10.2. The number of nitrogens with two attached hydrogens (primary N) is 1. The van der Waals surface area contributed by atoms with Crippen molar-refractivity contribution in [3.63, 3.8) is 0 Å². The van der Waals surface area contributed by atoms with E-state index in [0.717, 1.165) is 6.54 Å². The highest BCUT2D eigenvalue weighted by molar-refractivity contribution is 5.20. The number of pyridine rings is 1. The third-order valence-corrected chi connectivity index (χ3v) is 1.93. The molecule has 0 aromatic carbocycles. The first kappa shape index (κ1) is 12.7. The van der Waals surface area contributed by atoms with Crippen LogP contribution in [0.1, 0.15) is 5.56 Å². The second-order valence-corrected chi connectivity index (χ2v) is 3.76. The summed E-state index contributed by atoms with van der Waals surface area (Å²) in [6, 6.07) is 3.94. The SMILES string of the molecule is CN(C)Cc1ccnc(OC/C=C/CN)c1. The van der Waals surface area contributed by atoms with Gasteiger partial charge in [0.2, 0.25) is 5.88 Å². The standard InChI is InChI=1S/C12H19N3O/c1-15(2)10-11-5-7-14-12(9-11)16-8-4-3-6-13/h3-5,7,9H,6,8,10,13H2,1-2H3/b4-3+. The van der Waals surface area contributed by atoms with Crippen LogP contribution in [0.3, 0.4) is 0 Å². The van der Waals surface area contributed by atoms with E-state index in [2.05, 4.69) is 9.88 Å². The van der Waals surface area contributed by atoms with Gasteiger partial charge in [-0.15, -0.1) is 0 Å². The number of aromatic nitrogens is 1. The van der Waals surface area contributed by atoms with E-state index >= 15 is 0 Å². The summed E-state index contributed by atoms with van der Waals surface area (Å²) in [7, 11) is 4.07. The minimum atomic E-state index is 0.510. The molecule has 1 aromatic heterocycles. The molecule has 0 saturated carbocycles. The van der Waals surface area contributed by atoms with Gasteiger partial charge in [0.15, 0.2) is 0 Å². The molecule has 4 heteroatoms. The van der Waals surface area contributed by atoms with Gasteiger partial charge in [-0.2, -0.15) is 0 Å². The lowest BCUT2D eigenvalue weighted by molar-refractivity contribution is 0.345. The Bertz CT molecular complexity index is 337. The lowest BCUT2D eigenvalue weighted by Gasteiger charge is -2.10. The van der Waals surface area contributed by atoms with Crippen LogP contribution in [0.4, 0.5) is 0 Å². The van der Waals surface area contributed by atoms with Crippen LogP contribution < -0.4 is 10.5 Å². The van der Waals surface area contributed by atoms with E-state index in [4.69, 9.17) is 10.5 Å². The summed E-state index contributed by atoms with van der Waals surface area (Å²) in [5, 5.41) is 0. The predicted octanol–water partition coefficient (Wildman–Crippen LogP) is 1.04. The van der Waals surface area contributed by atoms with Crippen molar-refractivity contribution in [2.75, 3.05) is 27.2 Å². The van der Waals surface area contributed by atoms with E-state index in [9.17, 15) is 0 Å². The van der Waals surface area contributed by atoms with Crippen molar-refractivity contribution in [1.82, 2.24) is 9.88 Å². The molecule has 1 rings (SSSR count). The maximum absolute atomic E-state index is 5.46. The highest BCUT2D eigenvalue weighted by atomic mass is 16.5. The monoisotopic (exact) mass is 221 g/mol. The summed E-state index contributed by atoms with van der Waals surface area (Å²) in [5.41, 5.74) is 6.52. The molecule has 0 unspecified atom stereocenters. The van der Waals surface area contributed by atoms with E-state index < -0.39 is 0 Å². The van der Waals surface area contributed by atoms with Gasteiger partial charge in [-0.25, -0.2) is 4.98 Å². The zero-order chi connectivity index (χ0) is 11.8. The lowest BCUT2D eigenvalue weighted by Crippen LogP contribution is -2.10. The molecule has 0 radical (unpaired) electrons. The van der Waals surface area contributed by atoms with Crippen LogP contribution in [0.2, 0.25) is 0 Å².